The molecular formula is C13H22O4. The molecule has 4 heteroatoms. The molecule has 0 spiro atoms. The minimum absolute atomic E-state index is 0.175. The van der Waals surface area contributed by atoms with Gasteiger partial charge in [-0.05, 0) is 24.7 Å². The smallest absolute Gasteiger partial charge is 0.309 e. The van der Waals surface area contributed by atoms with Gasteiger partial charge in [-0.25, -0.2) is 0 Å². The Balaban J connectivity index is 2.99. The molecule has 0 aliphatic heterocycles. The molecule has 98 valence electrons. The lowest BCUT2D eigenvalue weighted by Gasteiger charge is -2.38. The van der Waals surface area contributed by atoms with Crippen molar-refractivity contribution >= 4 is 11.9 Å². The van der Waals surface area contributed by atoms with Gasteiger partial charge in [-0.3, -0.25) is 9.59 Å². The van der Waals surface area contributed by atoms with E-state index in [1.165, 1.54) is 14.2 Å². The molecule has 1 saturated carbocycles. The largest absolute Gasteiger partial charge is 0.469 e. The first-order chi connectivity index (χ1) is 8.06. The minimum atomic E-state index is -0.355. The van der Waals surface area contributed by atoms with Crippen LogP contribution in [0.4, 0.5) is 0 Å². The van der Waals surface area contributed by atoms with E-state index in [1.54, 1.807) is 0 Å². The van der Waals surface area contributed by atoms with E-state index in [-0.39, 0.29) is 35.6 Å². The normalized spacial score (nSPS) is 32.9. The van der Waals surface area contributed by atoms with Crippen molar-refractivity contribution in [3.05, 3.63) is 0 Å². The third kappa shape index (κ3) is 2.79. The number of hydrogen-bond acceptors (Lipinski definition) is 4. The first kappa shape index (κ1) is 14.0. The van der Waals surface area contributed by atoms with Crippen molar-refractivity contribution in [1.82, 2.24) is 0 Å². The van der Waals surface area contributed by atoms with Crippen molar-refractivity contribution in [3.63, 3.8) is 0 Å². The summed E-state index contributed by atoms with van der Waals surface area (Å²) in [6, 6.07) is 0. The molecule has 0 heterocycles. The van der Waals surface area contributed by atoms with E-state index >= 15 is 0 Å². The molecule has 1 aliphatic carbocycles. The second-order valence-electron chi connectivity index (χ2n) is 4.82. The third-order valence-electron chi connectivity index (χ3n) is 3.97. The molecule has 17 heavy (non-hydrogen) atoms. The van der Waals surface area contributed by atoms with Gasteiger partial charge in [0.25, 0.3) is 0 Å². The van der Waals surface area contributed by atoms with Gasteiger partial charge in [0.15, 0.2) is 0 Å². The summed E-state index contributed by atoms with van der Waals surface area (Å²) in [6.45, 7) is 4.05. The Morgan fingerprint density at radius 3 is 2.06 bits per heavy atom. The number of carbonyl (C=O) groups excluding carboxylic acids is 2. The van der Waals surface area contributed by atoms with Gasteiger partial charge in [0.2, 0.25) is 0 Å². The molecule has 1 rings (SSSR count). The Kier molecular flexibility index (Phi) is 4.97. The molecule has 0 aromatic rings. The highest BCUT2D eigenvalue weighted by molar-refractivity contribution is 5.82. The van der Waals surface area contributed by atoms with E-state index in [9.17, 15) is 9.59 Å². The van der Waals surface area contributed by atoms with Gasteiger partial charge in [-0.15, -0.1) is 0 Å². The van der Waals surface area contributed by atoms with Crippen molar-refractivity contribution in [3.8, 4) is 0 Å². The molecule has 4 unspecified atom stereocenters. The monoisotopic (exact) mass is 242 g/mol. The van der Waals surface area contributed by atoms with E-state index in [0.29, 0.717) is 0 Å². The maximum Gasteiger partial charge on any atom is 0.309 e. The highest BCUT2D eigenvalue weighted by Crippen LogP contribution is 2.41. The summed E-state index contributed by atoms with van der Waals surface area (Å²) >= 11 is 0. The summed E-state index contributed by atoms with van der Waals surface area (Å²) in [5.41, 5.74) is 0. The van der Waals surface area contributed by atoms with E-state index in [0.717, 1.165) is 19.3 Å². The second kappa shape index (κ2) is 6.03. The summed E-state index contributed by atoms with van der Waals surface area (Å²) < 4.78 is 9.68. The van der Waals surface area contributed by atoms with Gasteiger partial charge in [0.05, 0.1) is 26.1 Å². The van der Waals surface area contributed by atoms with Crippen LogP contribution in [0.2, 0.25) is 0 Å². The Labute approximate surface area is 103 Å². The first-order valence-electron chi connectivity index (χ1n) is 6.22. The molecular weight excluding hydrogens is 220 g/mol. The maximum absolute atomic E-state index is 11.9. The van der Waals surface area contributed by atoms with Gasteiger partial charge >= 0.3 is 11.9 Å². The van der Waals surface area contributed by atoms with Crippen LogP contribution in [0.1, 0.15) is 33.1 Å². The summed E-state index contributed by atoms with van der Waals surface area (Å²) in [5, 5.41) is 0. The lowest BCUT2D eigenvalue weighted by Crippen LogP contribution is -2.43. The van der Waals surface area contributed by atoms with Gasteiger partial charge in [0, 0.05) is 0 Å². The van der Waals surface area contributed by atoms with Crippen LogP contribution in [-0.2, 0) is 19.1 Å². The molecule has 1 aliphatic rings. The average molecular weight is 242 g/mol. The fraction of sp³-hybridized carbons (Fsp3) is 0.846. The Hall–Kier alpha value is -1.06. The Morgan fingerprint density at radius 1 is 1.06 bits per heavy atom. The number of ether oxygens (including phenoxy) is 2. The van der Waals surface area contributed by atoms with Crippen molar-refractivity contribution in [2.24, 2.45) is 23.7 Å². The fourth-order valence-electron chi connectivity index (χ4n) is 2.93. The highest BCUT2D eigenvalue weighted by Gasteiger charge is 2.46. The van der Waals surface area contributed by atoms with Crippen molar-refractivity contribution in [2.45, 2.75) is 33.1 Å². The number of carbonyl (C=O) groups is 2. The zero-order valence-corrected chi connectivity index (χ0v) is 11.1. The molecule has 4 atom stereocenters. The van der Waals surface area contributed by atoms with Gasteiger partial charge < -0.3 is 9.47 Å². The SMILES string of the molecule is CCC1CCC(C)C(C(=O)OC)C1C(=O)OC. The molecule has 0 aromatic carbocycles. The number of methoxy groups -OCH3 is 2. The Bertz CT molecular complexity index is 287. The third-order valence-corrected chi connectivity index (χ3v) is 3.97. The summed E-state index contributed by atoms with van der Waals surface area (Å²) in [7, 11) is 2.75. The molecule has 4 nitrogen and oxygen atoms in total. The predicted octanol–water partition coefficient (Wildman–Crippen LogP) is 2.02. The van der Waals surface area contributed by atoms with Gasteiger partial charge in [-0.2, -0.15) is 0 Å². The standard InChI is InChI=1S/C13H22O4/c1-5-9-7-6-8(2)10(12(14)16-3)11(9)13(15)17-4/h8-11H,5-7H2,1-4H3. The molecule has 0 bridgehead atoms. The minimum Gasteiger partial charge on any atom is -0.469 e. The van der Waals surface area contributed by atoms with Crippen molar-refractivity contribution in [1.29, 1.82) is 0 Å². The van der Waals surface area contributed by atoms with E-state index in [1.807, 2.05) is 13.8 Å². The predicted molar refractivity (Wildman–Crippen MR) is 63.2 cm³/mol. The zero-order valence-electron chi connectivity index (χ0n) is 11.1. The fourth-order valence-corrected chi connectivity index (χ4v) is 2.93. The van der Waals surface area contributed by atoms with Crippen molar-refractivity contribution < 1.29 is 19.1 Å². The van der Waals surface area contributed by atoms with Crippen LogP contribution in [0.5, 0.6) is 0 Å². The number of esters is 2. The molecule has 0 amide bonds. The van der Waals surface area contributed by atoms with Gasteiger partial charge in [0.1, 0.15) is 0 Å². The quantitative estimate of drug-likeness (QED) is 0.710. The van der Waals surface area contributed by atoms with E-state index < -0.39 is 0 Å². The average Bonchev–Trinajstić information content (AvgIpc) is 2.36. The first-order valence-corrected chi connectivity index (χ1v) is 6.22. The summed E-state index contributed by atoms with van der Waals surface area (Å²) in [6.07, 6.45) is 2.83. The van der Waals surface area contributed by atoms with Crippen LogP contribution in [-0.4, -0.2) is 26.2 Å². The lowest BCUT2D eigenvalue weighted by molar-refractivity contribution is -0.165. The number of rotatable bonds is 3. The zero-order chi connectivity index (χ0) is 13.0. The summed E-state index contributed by atoms with van der Waals surface area (Å²) in [5.74, 6) is -0.866. The summed E-state index contributed by atoms with van der Waals surface area (Å²) in [4.78, 5) is 23.7. The second-order valence-corrected chi connectivity index (χ2v) is 4.82. The number of hydrogen-bond donors (Lipinski definition) is 0. The maximum atomic E-state index is 11.9. The van der Waals surface area contributed by atoms with Crippen LogP contribution in [0.25, 0.3) is 0 Å². The van der Waals surface area contributed by atoms with E-state index in [4.69, 9.17) is 9.47 Å². The van der Waals surface area contributed by atoms with Crippen LogP contribution >= 0.6 is 0 Å². The van der Waals surface area contributed by atoms with Gasteiger partial charge in [-0.1, -0.05) is 20.3 Å². The van der Waals surface area contributed by atoms with Crippen LogP contribution in [0.3, 0.4) is 0 Å². The Morgan fingerprint density at radius 2 is 1.59 bits per heavy atom. The van der Waals surface area contributed by atoms with Crippen molar-refractivity contribution in [2.75, 3.05) is 14.2 Å². The molecule has 0 aromatic heterocycles. The molecule has 0 saturated heterocycles. The molecule has 1 fully saturated rings. The lowest BCUT2D eigenvalue weighted by atomic mass is 9.66. The van der Waals surface area contributed by atoms with Crippen LogP contribution in [0, 0.1) is 23.7 Å². The molecule has 0 radical (unpaired) electrons. The molecule has 0 N–H and O–H groups in total. The van der Waals surface area contributed by atoms with E-state index in [2.05, 4.69) is 0 Å². The van der Waals surface area contributed by atoms with Crippen LogP contribution in [0.15, 0.2) is 0 Å². The topological polar surface area (TPSA) is 52.6 Å². The van der Waals surface area contributed by atoms with Crippen LogP contribution < -0.4 is 0 Å². The highest BCUT2D eigenvalue weighted by atomic mass is 16.5.